The summed E-state index contributed by atoms with van der Waals surface area (Å²) in [5.41, 5.74) is 21.8. The van der Waals surface area contributed by atoms with Gasteiger partial charge in [-0.1, -0.05) is 146 Å². The molecule has 0 bridgehead atoms. The smallest absolute Gasteiger partial charge is 0.252 e. The number of hydrogen-bond donors (Lipinski definition) is 0. The topological polar surface area (TPSA) is 35.6 Å². The fraction of sp³-hybridized carbons (Fsp3) is 0. The van der Waals surface area contributed by atoms with Gasteiger partial charge in [-0.05, 0) is 115 Å². The zero-order valence-electron chi connectivity index (χ0n) is 34.1. The van der Waals surface area contributed by atoms with Crippen molar-refractivity contribution in [3.63, 3.8) is 0 Å². The van der Waals surface area contributed by atoms with Crippen LogP contribution in [0.5, 0.6) is 0 Å². The maximum absolute atomic E-state index is 4.85. The van der Waals surface area contributed by atoms with Crippen molar-refractivity contribution < 1.29 is 0 Å². The van der Waals surface area contributed by atoms with Crippen molar-refractivity contribution in [3.05, 3.63) is 213 Å². The van der Waals surface area contributed by atoms with Crippen LogP contribution in [0.1, 0.15) is 0 Å². The van der Waals surface area contributed by atoms with Gasteiger partial charge in [0.1, 0.15) is 0 Å². The van der Waals surface area contributed by atoms with E-state index < -0.39 is 0 Å². The Morgan fingerprint density at radius 3 is 1.14 bits per heavy atom. The van der Waals surface area contributed by atoms with Gasteiger partial charge >= 0.3 is 0 Å². The fourth-order valence-corrected chi connectivity index (χ4v) is 10.9. The minimum Gasteiger partial charge on any atom is -0.310 e. The van der Waals surface area contributed by atoms with Crippen molar-refractivity contribution in [1.82, 2.24) is 19.1 Å². The summed E-state index contributed by atoms with van der Waals surface area (Å²) in [5, 5.41) is 4.98. The number of fused-ring (bicyclic) bond motifs is 10. The highest BCUT2D eigenvalue weighted by molar-refractivity contribution is 7.00. The zero-order valence-corrected chi connectivity index (χ0v) is 34.1. The molecule has 4 nitrogen and oxygen atoms in total. The second-order valence-electron chi connectivity index (χ2n) is 17.0. The van der Waals surface area contributed by atoms with Gasteiger partial charge in [-0.3, -0.25) is 0 Å². The average molecular weight is 799 g/mol. The predicted molar refractivity (Wildman–Crippen MR) is 263 cm³/mol. The lowest BCUT2D eigenvalue weighted by molar-refractivity contribution is 1.13. The molecule has 2 aliphatic heterocycles. The molecule has 5 heteroatoms. The van der Waals surface area contributed by atoms with E-state index in [1.807, 2.05) is 18.5 Å². The first-order valence-corrected chi connectivity index (χ1v) is 21.7. The number of aromatic nitrogens is 4. The van der Waals surface area contributed by atoms with E-state index in [-0.39, 0.29) is 6.71 Å². The van der Waals surface area contributed by atoms with E-state index in [1.54, 1.807) is 0 Å². The predicted octanol–water partition coefficient (Wildman–Crippen LogP) is 12.1. The summed E-state index contributed by atoms with van der Waals surface area (Å²) in [6.07, 6.45) is 3.69. The van der Waals surface area contributed by atoms with Crippen LogP contribution in [0.15, 0.2) is 213 Å². The zero-order chi connectivity index (χ0) is 41.2. The van der Waals surface area contributed by atoms with Gasteiger partial charge in [-0.15, -0.1) is 0 Å². The van der Waals surface area contributed by atoms with Crippen LogP contribution < -0.4 is 16.4 Å². The van der Waals surface area contributed by atoms with Crippen molar-refractivity contribution in [1.29, 1.82) is 0 Å². The Labute approximate surface area is 364 Å². The third-order valence-corrected chi connectivity index (χ3v) is 13.6. The van der Waals surface area contributed by atoms with Gasteiger partial charge in [0.25, 0.3) is 6.71 Å². The first-order valence-electron chi connectivity index (χ1n) is 21.7. The van der Waals surface area contributed by atoms with Gasteiger partial charge in [-0.25, -0.2) is 9.97 Å². The average Bonchev–Trinajstić information content (AvgIpc) is 3.88. The van der Waals surface area contributed by atoms with Gasteiger partial charge in [0.2, 0.25) is 0 Å². The Morgan fingerprint density at radius 2 is 0.714 bits per heavy atom. The largest absolute Gasteiger partial charge is 0.310 e. The Kier molecular flexibility index (Phi) is 7.17. The molecule has 12 aromatic rings. The number of nitrogens with zero attached hydrogens (tertiary/aromatic N) is 4. The summed E-state index contributed by atoms with van der Waals surface area (Å²) in [4.78, 5) is 9.70. The van der Waals surface area contributed by atoms with Crippen LogP contribution in [0.25, 0.3) is 111 Å². The van der Waals surface area contributed by atoms with Crippen molar-refractivity contribution in [2.45, 2.75) is 0 Å². The molecule has 290 valence electrons. The highest BCUT2D eigenvalue weighted by Crippen LogP contribution is 2.44. The summed E-state index contributed by atoms with van der Waals surface area (Å²) < 4.78 is 5.10. The Hall–Kier alpha value is -8.28. The van der Waals surface area contributed by atoms with Crippen LogP contribution in [-0.2, 0) is 0 Å². The van der Waals surface area contributed by atoms with Gasteiger partial charge < -0.3 is 9.13 Å². The minimum absolute atomic E-state index is 0.0612. The minimum atomic E-state index is -0.0612. The molecule has 2 aliphatic rings. The number of rotatable bonds is 5. The van der Waals surface area contributed by atoms with Crippen LogP contribution >= 0.6 is 0 Å². The van der Waals surface area contributed by atoms with Gasteiger partial charge in [0.15, 0.2) is 5.82 Å². The fourth-order valence-electron chi connectivity index (χ4n) is 10.9. The normalized spacial score (nSPS) is 12.4. The van der Waals surface area contributed by atoms with Crippen molar-refractivity contribution >= 4 is 66.7 Å². The molecule has 0 amide bonds. The van der Waals surface area contributed by atoms with Crippen LogP contribution in [-0.4, -0.2) is 25.8 Å². The van der Waals surface area contributed by atoms with E-state index in [1.165, 1.54) is 116 Å². The van der Waals surface area contributed by atoms with E-state index in [0.29, 0.717) is 5.82 Å². The van der Waals surface area contributed by atoms with E-state index in [4.69, 9.17) is 9.97 Å². The highest BCUT2D eigenvalue weighted by Gasteiger charge is 2.42. The molecular weight excluding hydrogens is 763 g/mol. The van der Waals surface area contributed by atoms with E-state index in [9.17, 15) is 0 Å². The summed E-state index contributed by atoms with van der Waals surface area (Å²) in [7, 11) is 0. The lowest BCUT2D eigenvalue weighted by atomic mass is 9.34. The van der Waals surface area contributed by atoms with Crippen LogP contribution in [0, 0.1) is 0 Å². The molecule has 14 rings (SSSR count). The SMILES string of the molecule is c1ccc(-c2ccc3c(c2)c2cc(-c4ccccc4)cc4c2n3-c2cc(-c3ncccn3)cc3c2B4c2cc(-c4ccccc4)cc4c5cc(-c6ccccc6)ccc5n-3c24)cc1. The first kappa shape index (κ1) is 34.4. The standard InChI is InChI=1S/C58H35BN4/c1-5-14-36(15-6-1)40-22-24-51-45(28-40)47-30-42(38-18-9-3-10-19-38)32-49-56(47)62(51)53-34-44(58-60-26-13-27-61-58)35-54-55(53)59(49)50-33-43(39-20-11-4-12-21-39)31-48-46-29-41(37-16-7-2-8-17-37)23-25-52(46)63(54)57(48)50/h1-35H. The Morgan fingerprint density at radius 1 is 0.317 bits per heavy atom. The summed E-state index contributed by atoms with van der Waals surface area (Å²) in [6, 6.07) is 73.8. The molecule has 0 fully saturated rings. The Balaban J connectivity index is 1.17. The lowest BCUT2D eigenvalue weighted by Crippen LogP contribution is -2.59. The monoisotopic (exact) mass is 798 g/mol. The molecule has 9 aromatic carbocycles. The van der Waals surface area contributed by atoms with Gasteiger partial charge in [0.05, 0.1) is 11.0 Å². The van der Waals surface area contributed by atoms with E-state index in [2.05, 4.69) is 203 Å². The number of benzene rings is 9. The van der Waals surface area contributed by atoms with Crippen molar-refractivity contribution in [3.8, 4) is 67.3 Å². The van der Waals surface area contributed by atoms with Crippen molar-refractivity contribution in [2.24, 2.45) is 0 Å². The van der Waals surface area contributed by atoms with Crippen LogP contribution in [0.4, 0.5) is 0 Å². The molecule has 0 saturated carbocycles. The highest BCUT2D eigenvalue weighted by atomic mass is 15.0. The Bertz CT molecular complexity index is 3590. The molecule has 0 aliphatic carbocycles. The third kappa shape index (κ3) is 4.99. The molecule has 0 radical (unpaired) electrons. The van der Waals surface area contributed by atoms with Crippen molar-refractivity contribution in [2.75, 3.05) is 0 Å². The lowest BCUT2D eigenvalue weighted by Gasteiger charge is -2.34. The molecule has 5 heterocycles. The van der Waals surface area contributed by atoms with Crippen LogP contribution in [0.3, 0.4) is 0 Å². The first-order chi connectivity index (χ1) is 31.2. The molecule has 63 heavy (non-hydrogen) atoms. The molecule has 3 aromatic heterocycles. The molecule has 0 spiro atoms. The number of hydrogen-bond acceptors (Lipinski definition) is 2. The van der Waals surface area contributed by atoms with Gasteiger partial charge in [0, 0.05) is 61.9 Å². The molecule has 0 unspecified atom stereocenters. The molecule has 0 N–H and O–H groups in total. The molecule has 0 atom stereocenters. The molecular formula is C58H35BN4. The summed E-state index contributed by atoms with van der Waals surface area (Å²) in [6.45, 7) is -0.0612. The second-order valence-corrected chi connectivity index (χ2v) is 17.0. The summed E-state index contributed by atoms with van der Waals surface area (Å²) in [5.74, 6) is 0.710. The van der Waals surface area contributed by atoms with E-state index in [0.717, 1.165) is 5.56 Å². The third-order valence-electron chi connectivity index (χ3n) is 13.6. The van der Waals surface area contributed by atoms with Gasteiger partial charge in [-0.2, -0.15) is 0 Å². The maximum atomic E-state index is 4.85. The maximum Gasteiger partial charge on any atom is 0.252 e. The molecule has 0 saturated heterocycles. The second kappa shape index (κ2) is 13.1. The summed E-state index contributed by atoms with van der Waals surface area (Å²) >= 11 is 0. The van der Waals surface area contributed by atoms with E-state index >= 15 is 0 Å². The van der Waals surface area contributed by atoms with Crippen LogP contribution in [0.2, 0.25) is 0 Å². The quantitative estimate of drug-likeness (QED) is 0.163.